The Kier molecular flexibility index (Phi) is 5.65. The summed E-state index contributed by atoms with van der Waals surface area (Å²) in [5.41, 5.74) is 9.18. The molecule has 7 heteroatoms. The summed E-state index contributed by atoms with van der Waals surface area (Å²) in [4.78, 5) is 15.9. The molecule has 180 valence electrons. The van der Waals surface area contributed by atoms with Crippen molar-refractivity contribution in [2.45, 2.75) is 44.2 Å². The molecule has 4 atom stereocenters. The number of pyridine rings is 1. The molecule has 1 aliphatic heterocycles. The molecule has 0 radical (unpaired) electrons. The quantitative estimate of drug-likeness (QED) is 0.404. The largest absolute Gasteiger partial charge is 0.392 e. The second kappa shape index (κ2) is 8.96. The molecular formula is C28H32N6O. The van der Waals surface area contributed by atoms with Crippen LogP contribution in [0.5, 0.6) is 0 Å². The number of hydrogen-bond acceptors (Lipinski definition) is 6. The first-order chi connectivity index (χ1) is 17.1. The minimum atomic E-state index is -0.436. The highest BCUT2D eigenvalue weighted by atomic mass is 16.3. The summed E-state index contributed by atoms with van der Waals surface area (Å²) >= 11 is 0. The number of aryl methyl sites for hydroxylation is 1. The summed E-state index contributed by atoms with van der Waals surface area (Å²) in [5.74, 6) is 1.71. The van der Waals surface area contributed by atoms with Gasteiger partial charge in [0, 0.05) is 36.6 Å². The van der Waals surface area contributed by atoms with Crippen LogP contribution in [-0.2, 0) is 6.42 Å². The van der Waals surface area contributed by atoms with Crippen LogP contribution in [0, 0.1) is 11.8 Å². The monoisotopic (exact) mass is 468 g/mol. The lowest BCUT2D eigenvalue weighted by atomic mass is 9.94. The van der Waals surface area contributed by atoms with Crippen molar-refractivity contribution in [3.63, 3.8) is 0 Å². The zero-order valence-corrected chi connectivity index (χ0v) is 19.9. The molecule has 6 rings (SSSR count). The van der Waals surface area contributed by atoms with E-state index in [1.807, 2.05) is 18.3 Å². The molecule has 2 fully saturated rings. The van der Waals surface area contributed by atoms with Crippen molar-refractivity contribution < 1.29 is 5.11 Å². The molecule has 0 unspecified atom stereocenters. The van der Waals surface area contributed by atoms with Crippen LogP contribution in [0.1, 0.15) is 37.3 Å². The maximum atomic E-state index is 11.2. The Bertz CT molecular complexity index is 1370. The number of nitrogen functional groups attached to an aromatic ring is 1. The number of nitrogens with zero attached hydrogens (tertiary/aromatic N) is 5. The number of fused-ring (bicyclic) bond motifs is 2. The van der Waals surface area contributed by atoms with Crippen molar-refractivity contribution in [2.24, 2.45) is 11.8 Å². The van der Waals surface area contributed by atoms with Crippen LogP contribution in [0.2, 0.25) is 0 Å². The van der Waals surface area contributed by atoms with Gasteiger partial charge in [0.1, 0.15) is 23.6 Å². The Hall–Kier alpha value is -3.45. The van der Waals surface area contributed by atoms with E-state index >= 15 is 0 Å². The molecule has 3 N–H and O–H groups in total. The molecule has 35 heavy (non-hydrogen) atoms. The van der Waals surface area contributed by atoms with Gasteiger partial charge in [-0.05, 0) is 67.9 Å². The third kappa shape index (κ3) is 3.93. The van der Waals surface area contributed by atoms with Crippen molar-refractivity contribution in [2.75, 3.05) is 23.7 Å². The van der Waals surface area contributed by atoms with E-state index in [1.54, 1.807) is 0 Å². The summed E-state index contributed by atoms with van der Waals surface area (Å²) in [7, 11) is 0. The van der Waals surface area contributed by atoms with Gasteiger partial charge in [-0.2, -0.15) is 0 Å². The third-order valence-corrected chi connectivity index (χ3v) is 8.01. The number of nitrogens with two attached hydrogens (primary N) is 1. The number of rotatable bonds is 6. The fraction of sp³-hybridized carbons (Fsp3) is 0.393. The van der Waals surface area contributed by atoms with Gasteiger partial charge >= 0.3 is 0 Å². The highest BCUT2D eigenvalue weighted by molar-refractivity contribution is 5.86. The number of aromatic nitrogens is 4. The van der Waals surface area contributed by atoms with Gasteiger partial charge in [0.15, 0.2) is 0 Å². The topological polar surface area (TPSA) is 93.1 Å². The van der Waals surface area contributed by atoms with Gasteiger partial charge in [0.05, 0.1) is 17.0 Å². The van der Waals surface area contributed by atoms with Gasteiger partial charge in [0.2, 0.25) is 0 Å². The van der Waals surface area contributed by atoms with Gasteiger partial charge in [-0.25, -0.2) is 15.0 Å². The van der Waals surface area contributed by atoms with Crippen LogP contribution in [0.25, 0.3) is 21.9 Å². The summed E-state index contributed by atoms with van der Waals surface area (Å²) in [5, 5.41) is 13.2. The summed E-state index contributed by atoms with van der Waals surface area (Å²) in [6, 6.07) is 13.0. The second-order valence-electron chi connectivity index (χ2n) is 10.0. The van der Waals surface area contributed by atoms with Crippen molar-refractivity contribution >= 4 is 33.6 Å². The van der Waals surface area contributed by atoms with E-state index in [9.17, 15) is 5.11 Å². The van der Waals surface area contributed by atoms with Crippen molar-refractivity contribution in [1.29, 1.82) is 0 Å². The molecule has 2 aliphatic rings. The average Bonchev–Trinajstić information content (AvgIpc) is 3.62. The van der Waals surface area contributed by atoms with Crippen LogP contribution >= 0.6 is 0 Å². The first-order valence-corrected chi connectivity index (χ1v) is 12.6. The smallest absolute Gasteiger partial charge is 0.145 e. The molecule has 4 heterocycles. The fourth-order valence-corrected chi connectivity index (χ4v) is 6.07. The Morgan fingerprint density at radius 3 is 2.77 bits per heavy atom. The van der Waals surface area contributed by atoms with Gasteiger partial charge < -0.3 is 20.3 Å². The summed E-state index contributed by atoms with van der Waals surface area (Å²) in [6.45, 7) is 6.23. The van der Waals surface area contributed by atoms with Crippen molar-refractivity contribution in [3.8, 4) is 0 Å². The molecule has 0 amide bonds. The molecule has 0 spiro atoms. The predicted molar refractivity (Wildman–Crippen MR) is 140 cm³/mol. The Labute approximate surface area is 205 Å². The van der Waals surface area contributed by atoms with E-state index < -0.39 is 6.10 Å². The zero-order valence-electron chi connectivity index (χ0n) is 19.9. The normalized spacial score (nSPS) is 24.5. The fourth-order valence-electron chi connectivity index (χ4n) is 6.07. The molecule has 1 aromatic carbocycles. The zero-order chi connectivity index (χ0) is 23.9. The number of benzene rings is 1. The Morgan fingerprint density at radius 1 is 1.11 bits per heavy atom. The summed E-state index contributed by atoms with van der Waals surface area (Å²) in [6.07, 6.45) is 10.2. The molecular weight excluding hydrogens is 436 g/mol. The minimum Gasteiger partial charge on any atom is -0.392 e. The van der Waals surface area contributed by atoms with Crippen LogP contribution in [0.4, 0.5) is 11.6 Å². The van der Waals surface area contributed by atoms with E-state index in [-0.39, 0.29) is 17.9 Å². The Morgan fingerprint density at radius 2 is 1.94 bits per heavy atom. The second-order valence-corrected chi connectivity index (χ2v) is 10.0. The summed E-state index contributed by atoms with van der Waals surface area (Å²) < 4.78 is 2.14. The van der Waals surface area contributed by atoms with E-state index in [0.29, 0.717) is 5.82 Å². The first kappa shape index (κ1) is 22.0. The minimum absolute atomic E-state index is 0.0342. The highest BCUT2D eigenvalue weighted by Gasteiger charge is 2.41. The van der Waals surface area contributed by atoms with E-state index in [0.717, 1.165) is 54.7 Å². The molecule has 7 nitrogen and oxygen atoms in total. The molecule has 0 bridgehead atoms. The van der Waals surface area contributed by atoms with E-state index in [4.69, 9.17) is 10.7 Å². The van der Waals surface area contributed by atoms with E-state index in [1.165, 1.54) is 30.1 Å². The number of aliphatic hydroxyl groups excluding tert-OH is 1. The maximum Gasteiger partial charge on any atom is 0.145 e. The first-order valence-electron chi connectivity index (χ1n) is 12.6. The van der Waals surface area contributed by atoms with Gasteiger partial charge in [-0.1, -0.05) is 18.2 Å². The molecule has 1 aliphatic carbocycles. The lowest BCUT2D eigenvalue weighted by molar-refractivity contribution is 0.0996. The number of anilines is 2. The third-order valence-electron chi connectivity index (χ3n) is 8.01. The predicted octanol–water partition coefficient (Wildman–Crippen LogP) is 4.52. The average molecular weight is 469 g/mol. The Balaban J connectivity index is 1.20. The van der Waals surface area contributed by atoms with Crippen molar-refractivity contribution in [3.05, 3.63) is 67.1 Å². The van der Waals surface area contributed by atoms with Gasteiger partial charge in [-0.15, -0.1) is 6.58 Å². The standard InChI is InChI=1S/C28H32N6O/c1-2-21-24(34-14-11-22-27(29)30-17-31-28(22)34)16-20(26(21)35)8-6-18-5-7-19-9-10-25(32-23(19)15-18)33-12-3-4-13-33/h2,5,7,9-11,14-15,17,20-21,24,26,35H,1,3-4,6,8,12-13,16H2,(H2,29,30,31)/t20-,21-,24+,26+/m0/s1. The van der Waals surface area contributed by atoms with Crippen molar-refractivity contribution in [1.82, 2.24) is 19.5 Å². The number of aliphatic hydroxyl groups is 1. The van der Waals surface area contributed by atoms with Gasteiger partial charge in [0.25, 0.3) is 0 Å². The maximum absolute atomic E-state index is 11.2. The van der Waals surface area contributed by atoms with Crippen LogP contribution in [0.3, 0.4) is 0 Å². The highest BCUT2D eigenvalue weighted by Crippen LogP contribution is 2.44. The molecule has 4 aromatic rings. The van der Waals surface area contributed by atoms with Crippen LogP contribution < -0.4 is 10.6 Å². The van der Waals surface area contributed by atoms with Gasteiger partial charge in [-0.3, -0.25) is 0 Å². The van der Waals surface area contributed by atoms with Crippen LogP contribution in [0.15, 0.2) is 61.6 Å². The molecule has 3 aromatic heterocycles. The molecule has 1 saturated heterocycles. The number of hydrogen-bond donors (Lipinski definition) is 2. The SMILES string of the molecule is C=C[C@@H]1[C@H](O)[C@@H](CCc2ccc3ccc(N4CCCC4)nc3c2)C[C@H]1n1ccc2c(N)ncnc21. The lowest BCUT2D eigenvalue weighted by Crippen LogP contribution is -2.23. The van der Waals surface area contributed by atoms with Crippen LogP contribution in [-0.4, -0.2) is 43.8 Å². The lowest BCUT2D eigenvalue weighted by Gasteiger charge is -2.21. The van der Waals surface area contributed by atoms with E-state index in [2.05, 4.69) is 56.3 Å². The molecule has 1 saturated carbocycles.